The molecular formula is C25H41N3O. The summed E-state index contributed by atoms with van der Waals surface area (Å²) in [5.74, 6) is 0.987. The van der Waals surface area contributed by atoms with Crippen LogP contribution in [0.1, 0.15) is 74.1 Å². The second-order valence-electron chi connectivity index (χ2n) is 8.82. The standard InChI is InChI=1S/C25H41N3O/c1-8-10-14-26-20(6)24(23(9-2)22-12-11-13-22)21(7)27-15-16-28(19(5)17-27)25(29)18(3)4/h9-10,14,18-19,22H,8,11-13,15-17H2,1-7H3/b14-10+,23-9-,24-21-,26-20+. The molecule has 1 unspecified atom stereocenters. The van der Waals surface area contributed by atoms with E-state index < -0.39 is 0 Å². The predicted octanol–water partition coefficient (Wildman–Crippen LogP) is 5.58. The highest BCUT2D eigenvalue weighted by atomic mass is 16.2. The van der Waals surface area contributed by atoms with Gasteiger partial charge < -0.3 is 9.80 Å². The zero-order chi connectivity index (χ0) is 21.6. The molecule has 0 bridgehead atoms. The average molecular weight is 400 g/mol. The highest BCUT2D eigenvalue weighted by molar-refractivity contribution is 6.03. The minimum atomic E-state index is 0.0594. The van der Waals surface area contributed by atoms with E-state index in [4.69, 9.17) is 4.99 Å². The molecule has 1 heterocycles. The van der Waals surface area contributed by atoms with Crippen molar-refractivity contribution in [3.8, 4) is 0 Å². The first-order valence-corrected chi connectivity index (χ1v) is 11.4. The summed E-state index contributed by atoms with van der Waals surface area (Å²) in [4.78, 5) is 21.8. The first-order chi connectivity index (χ1) is 13.8. The van der Waals surface area contributed by atoms with Crippen molar-refractivity contribution < 1.29 is 4.79 Å². The molecule has 0 spiro atoms. The maximum atomic E-state index is 12.5. The fourth-order valence-electron chi connectivity index (χ4n) is 4.40. The lowest BCUT2D eigenvalue weighted by atomic mass is 9.75. The fraction of sp³-hybridized carbons (Fsp3) is 0.680. The fourth-order valence-corrected chi connectivity index (χ4v) is 4.40. The van der Waals surface area contributed by atoms with Gasteiger partial charge in [0.1, 0.15) is 0 Å². The van der Waals surface area contributed by atoms with E-state index in [9.17, 15) is 4.79 Å². The van der Waals surface area contributed by atoms with Crippen LogP contribution in [0.2, 0.25) is 0 Å². The molecule has 1 saturated heterocycles. The molecule has 4 heteroatoms. The summed E-state index contributed by atoms with van der Waals surface area (Å²) in [6, 6.07) is 0.227. The predicted molar refractivity (Wildman–Crippen MR) is 124 cm³/mol. The summed E-state index contributed by atoms with van der Waals surface area (Å²) in [5.41, 5.74) is 5.17. The van der Waals surface area contributed by atoms with Crippen LogP contribution in [0.5, 0.6) is 0 Å². The summed E-state index contributed by atoms with van der Waals surface area (Å²) >= 11 is 0. The van der Waals surface area contributed by atoms with E-state index >= 15 is 0 Å². The quantitative estimate of drug-likeness (QED) is 0.414. The van der Waals surface area contributed by atoms with Gasteiger partial charge in [0.15, 0.2) is 0 Å². The number of hydrogen-bond acceptors (Lipinski definition) is 3. The lowest BCUT2D eigenvalue weighted by Crippen LogP contribution is -2.54. The van der Waals surface area contributed by atoms with Crippen LogP contribution in [-0.4, -0.2) is 47.1 Å². The second kappa shape index (κ2) is 10.8. The van der Waals surface area contributed by atoms with Crippen molar-refractivity contribution in [3.63, 3.8) is 0 Å². The minimum Gasteiger partial charge on any atom is -0.371 e. The number of allylic oxidation sites excluding steroid dienone is 5. The van der Waals surface area contributed by atoms with E-state index in [2.05, 4.69) is 56.6 Å². The number of carbonyl (C=O) groups is 1. The maximum absolute atomic E-state index is 12.5. The van der Waals surface area contributed by atoms with Crippen molar-refractivity contribution in [2.45, 2.75) is 80.2 Å². The summed E-state index contributed by atoms with van der Waals surface area (Å²) < 4.78 is 0. The Balaban J connectivity index is 2.34. The van der Waals surface area contributed by atoms with Gasteiger partial charge in [0, 0.05) is 54.8 Å². The Hall–Kier alpha value is -1.84. The molecule has 0 aromatic heterocycles. The summed E-state index contributed by atoms with van der Waals surface area (Å²) in [5, 5.41) is 0. The number of piperazine rings is 1. The molecule has 29 heavy (non-hydrogen) atoms. The van der Waals surface area contributed by atoms with Crippen molar-refractivity contribution in [1.29, 1.82) is 0 Å². The minimum absolute atomic E-state index is 0.0594. The SMILES string of the molecule is C\C=C(C(/C(C)=N/C=C/CC)=C(/C)N1CCN(C(=O)C(C)C)C(C)C1)\C1CCC1. The van der Waals surface area contributed by atoms with Crippen molar-refractivity contribution >= 4 is 11.6 Å². The molecular weight excluding hydrogens is 358 g/mol. The summed E-state index contributed by atoms with van der Waals surface area (Å²) in [7, 11) is 0. The summed E-state index contributed by atoms with van der Waals surface area (Å²) in [6.07, 6.45) is 11.2. The monoisotopic (exact) mass is 399 g/mol. The first-order valence-electron chi connectivity index (χ1n) is 11.4. The Morgan fingerprint density at radius 2 is 1.90 bits per heavy atom. The third-order valence-electron chi connectivity index (χ3n) is 6.36. The number of amides is 1. The lowest BCUT2D eigenvalue weighted by molar-refractivity contribution is -0.138. The van der Waals surface area contributed by atoms with E-state index in [-0.39, 0.29) is 17.9 Å². The molecule has 4 nitrogen and oxygen atoms in total. The zero-order valence-electron chi connectivity index (χ0n) is 19.7. The highest BCUT2D eigenvalue weighted by Gasteiger charge is 2.31. The van der Waals surface area contributed by atoms with Gasteiger partial charge in [0.2, 0.25) is 5.91 Å². The molecule has 1 saturated carbocycles. The van der Waals surface area contributed by atoms with Gasteiger partial charge in [-0.3, -0.25) is 9.79 Å². The van der Waals surface area contributed by atoms with Crippen LogP contribution in [0.25, 0.3) is 0 Å². The molecule has 2 rings (SSSR count). The molecule has 2 fully saturated rings. The van der Waals surface area contributed by atoms with Crippen LogP contribution in [0, 0.1) is 11.8 Å². The zero-order valence-corrected chi connectivity index (χ0v) is 19.7. The Labute approximate surface area is 178 Å². The molecule has 1 amide bonds. The van der Waals surface area contributed by atoms with Crippen molar-refractivity contribution in [2.24, 2.45) is 16.8 Å². The molecule has 1 atom stereocenters. The Kier molecular flexibility index (Phi) is 8.73. The van der Waals surface area contributed by atoms with Crippen molar-refractivity contribution in [2.75, 3.05) is 19.6 Å². The van der Waals surface area contributed by atoms with Crippen LogP contribution in [0.3, 0.4) is 0 Å². The molecule has 0 aromatic carbocycles. The second-order valence-corrected chi connectivity index (χ2v) is 8.82. The van der Waals surface area contributed by atoms with E-state index in [1.165, 1.54) is 36.1 Å². The molecule has 1 aliphatic carbocycles. The van der Waals surface area contributed by atoms with Crippen molar-refractivity contribution in [3.05, 3.63) is 35.2 Å². The van der Waals surface area contributed by atoms with Crippen LogP contribution < -0.4 is 0 Å². The van der Waals surface area contributed by atoms with E-state index in [0.29, 0.717) is 5.92 Å². The maximum Gasteiger partial charge on any atom is 0.225 e. The molecule has 0 aromatic rings. The number of rotatable bonds is 7. The molecule has 1 aliphatic heterocycles. The van der Waals surface area contributed by atoms with E-state index in [1.807, 2.05) is 20.0 Å². The van der Waals surface area contributed by atoms with Gasteiger partial charge in [-0.2, -0.15) is 0 Å². The van der Waals surface area contributed by atoms with Gasteiger partial charge in [0.05, 0.1) is 0 Å². The molecule has 2 aliphatic rings. The number of hydrogen-bond donors (Lipinski definition) is 0. The lowest BCUT2D eigenvalue weighted by Gasteiger charge is -2.43. The van der Waals surface area contributed by atoms with Crippen LogP contribution in [-0.2, 0) is 4.79 Å². The Morgan fingerprint density at radius 1 is 1.21 bits per heavy atom. The molecule has 0 N–H and O–H groups in total. The highest BCUT2D eigenvalue weighted by Crippen LogP contribution is 2.38. The van der Waals surface area contributed by atoms with Crippen LogP contribution in [0.4, 0.5) is 0 Å². The number of aliphatic imine (C=N–C) groups is 1. The molecule has 162 valence electrons. The smallest absolute Gasteiger partial charge is 0.225 e. The van der Waals surface area contributed by atoms with Crippen LogP contribution >= 0.6 is 0 Å². The third-order valence-corrected chi connectivity index (χ3v) is 6.36. The van der Waals surface area contributed by atoms with E-state index in [1.54, 1.807) is 0 Å². The van der Waals surface area contributed by atoms with Crippen molar-refractivity contribution in [1.82, 2.24) is 9.80 Å². The van der Waals surface area contributed by atoms with Gasteiger partial charge >= 0.3 is 0 Å². The normalized spacial score (nSPS) is 23.0. The largest absolute Gasteiger partial charge is 0.371 e. The van der Waals surface area contributed by atoms with Gasteiger partial charge in [-0.05, 0) is 58.4 Å². The number of carbonyl (C=O) groups excluding carboxylic acids is 1. The first kappa shape index (κ1) is 23.4. The molecule has 0 radical (unpaired) electrons. The van der Waals surface area contributed by atoms with Gasteiger partial charge in [-0.1, -0.05) is 39.3 Å². The number of nitrogens with zero attached hydrogens (tertiary/aromatic N) is 3. The van der Waals surface area contributed by atoms with Gasteiger partial charge in [-0.25, -0.2) is 0 Å². The third kappa shape index (κ3) is 5.61. The van der Waals surface area contributed by atoms with E-state index in [0.717, 1.165) is 31.8 Å². The van der Waals surface area contributed by atoms with Crippen LogP contribution in [0.15, 0.2) is 40.2 Å². The van der Waals surface area contributed by atoms with Gasteiger partial charge in [0.25, 0.3) is 0 Å². The Bertz CT molecular complexity index is 695. The van der Waals surface area contributed by atoms with Gasteiger partial charge in [-0.15, -0.1) is 0 Å². The Morgan fingerprint density at radius 3 is 2.38 bits per heavy atom. The average Bonchev–Trinajstić information content (AvgIpc) is 2.65. The topological polar surface area (TPSA) is 35.9 Å². The summed E-state index contributed by atoms with van der Waals surface area (Å²) in [6.45, 7) is 17.4.